The number of aromatic nitrogens is 1. The molecule has 3 aromatic rings. The second-order valence-corrected chi connectivity index (χ2v) is 9.08. The van der Waals surface area contributed by atoms with Gasteiger partial charge in [0.25, 0.3) is 0 Å². The van der Waals surface area contributed by atoms with E-state index in [1.54, 1.807) is 17.1 Å². The lowest BCUT2D eigenvalue weighted by Crippen LogP contribution is -2.47. The Bertz CT molecular complexity index is 1140. The summed E-state index contributed by atoms with van der Waals surface area (Å²) in [6.45, 7) is 5.33. The zero-order valence-electron chi connectivity index (χ0n) is 18.4. The second kappa shape index (κ2) is 10.7. The molecule has 2 heterocycles. The van der Waals surface area contributed by atoms with E-state index in [9.17, 15) is 9.59 Å². The topological polar surface area (TPSA) is 56.8 Å². The van der Waals surface area contributed by atoms with Crippen molar-refractivity contribution < 1.29 is 9.59 Å². The smallest absolute Gasteiger partial charge is 0.246 e. The lowest BCUT2D eigenvalue weighted by molar-refractivity contribution is -0.127. The van der Waals surface area contributed by atoms with E-state index in [4.69, 9.17) is 11.6 Å². The highest BCUT2D eigenvalue weighted by atomic mass is 35.5. The van der Waals surface area contributed by atoms with Crippen LogP contribution in [0, 0.1) is 0 Å². The minimum Gasteiger partial charge on any atom is -0.337 e. The molecule has 170 valence electrons. The van der Waals surface area contributed by atoms with E-state index in [-0.39, 0.29) is 11.8 Å². The fourth-order valence-corrected chi connectivity index (χ4v) is 4.81. The predicted octanol–water partition coefficient (Wildman–Crippen LogP) is 4.84. The van der Waals surface area contributed by atoms with E-state index in [2.05, 4.69) is 16.0 Å². The van der Waals surface area contributed by atoms with Gasteiger partial charge in [0.15, 0.2) is 5.13 Å². The Hall–Kier alpha value is -3.00. The normalized spacial score (nSPS) is 14.5. The zero-order chi connectivity index (χ0) is 23.2. The summed E-state index contributed by atoms with van der Waals surface area (Å²) in [7, 11) is 0. The van der Waals surface area contributed by atoms with E-state index in [0.29, 0.717) is 23.9 Å². The summed E-state index contributed by atoms with van der Waals surface area (Å²) in [5.74, 6) is -0.142. The maximum absolute atomic E-state index is 12.7. The summed E-state index contributed by atoms with van der Waals surface area (Å²) in [4.78, 5) is 35.1. The van der Waals surface area contributed by atoms with Gasteiger partial charge < -0.3 is 4.90 Å². The molecule has 1 aliphatic rings. The van der Waals surface area contributed by atoms with Crippen molar-refractivity contribution in [3.05, 3.63) is 82.3 Å². The number of nitrogens with zero attached hydrogens (tertiary/aromatic N) is 4. The summed E-state index contributed by atoms with van der Waals surface area (Å²) in [6.07, 6.45) is 3.27. The third kappa shape index (κ3) is 6.07. The van der Waals surface area contributed by atoms with Gasteiger partial charge in [-0.1, -0.05) is 41.9 Å². The van der Waals surface area contributed by atoms with Crippen LogP contribution in [0.5, 0.6) is 0 Å². The number of rotatable bonds is 6. The largest absolute Gasteiger partial charge is 0.337 e. The van der Waals surface area contributed by atoms with Crippen molar-refractivity contribution in [3.63, 3.8) is 0 Å². The van der Waals surface area contributed by atoms with Crippen LogP contribution in [0.2, 0.25) is 5.02 Å². The molecule has 1 aliphatic heterocycles. The maximum atomic E-state index is 12.7. The second-order valence-electron chi connectivity index (χ2n) is 7.81. The maximum Gasteiger partial charge on any atom is 0.246 e. The van der Waals surface area contributed by atoms with Crippen LogP contribution >= 0.6 is 22.9 Å². The van der Waals surface area contributed by atoms with Crippen LogP contribution in [0.15, 0.2) is 66.1 Å². The fourth-order valence-electron chi connectivity index (χ4n) is 3.74. The van der Waals surface area contributed by atoms with Crippen molar-refractivity contribution in [3.8, 4) is 0 Å². The van der Waals surface area contributed by atoms with Crippen molar-refractivity contribution in [2.24, 2.45) is 0 Å². The Kier molecular flexibility index (Phi) is 7.54. The molecule has 0 saturated carbocycles. The van der Waals surface area contributed by atoms with Crippen molar-refractivity contribution in [1.82, 2.24) is 14.8 Å². The lowest BCUT2D eigenvalue weighted by atomic mass is 10.2. The first-order valence-corrected chi connectivity index (χ1v) is 12.0. The highest BCUT2D eigenvalue weighted by Crippen LogP contribution is 2.29. The summed E-state index contributed by atoms with van der Waals surface area (Å²) >= 11 is 7.45. The van der Waals surface area contributed by atoms with Crippen LogP contribution in [0.1, 0.15) is 18.2 Å². The molecule has 1 saturated heterocycles. The summed E-state index contributed by atoms with van der Waals surface area (Å²) in [5.41, 5.74) is 2.60. The molecule has 8 heteroatoms. The quantitative estimate of drug-likeness (QED) is 0.474. The molecule has 0 radical (unpaired) electrons. The average molecular weight is 481 g/mol. The molecule has 1 fully saturated rings. The van der Waals surface area contributed by atoms with Crippen LogP contribution in [0.4, 0.5) is 10.8 Å². The van der Waals surface area contributed by atoms with Crippen molar-refractivity contribution in [1.29, 1.82) is 0 Å². The molecule has 6 nitrogen and oxygen atoms in total. The minimum absolute atomic E-state index is 0.0292. The molecule has 4 rings (SSSR count). The van der Waals surface area contributed by atoms with E-state index >= 15 is 0 Å². The highest BCUT2D eigenvalue weighted by Gasteiger charge is 2.20. The monoisotopic (exact) mass is 480 g/mol. The van der Waals surface area contributed by atoms with E-state index < -0.39 is 0 Å². The Morgan fingerprint density at radius 1 is 1.09 bits per heavy atom. The van der Waals surface area contributed by atoms with E-state index in [1.165, 1.54) is 23.8 Å². The number of carbonyl (C=O) groups is 2. The summed E-state index contributed by atoms with van der Waals surface area (Å²) in [5, 5.41) is 3.17. The van der Waals surface area contributed by atoms with Gasteiger partial charge in [-0.05, 0) is 35.9 Å². The van der Waals surface area contributed by atoms with Gasteiger partial charge in [-0.3, -0.25) is 19.4 Å². The number of halogens is 1. The van der Waals surface area contributed by atoms with Crippen LogP contribution < -0.4 is 4.90 Å². The average Bonchev–Trinajstić information content (AvgIpc) is 3.27. The highest BCUT2D eigenvalue weighted by molar-refractivity contribution is 7.14. The summed E-state index contributed by atoms with van der Waals surface area (Å²) in [6, 6.07) is 17.3. The molecule has 33 heavy (non-hydrogen) atoms. The van der Waals surface area contributed by atoms with Crippen molar-refractivity contribution >= 4 is 51.6 Å². The Morgan fingerprint density at radius 3 is 2.55 bits per heavy atom. The molecule has 1 aromatic heterocycles. The molecule has 2 amide bonds. The molecular formula is C25H25ClN4O2S. The van der Waals surface area contributed by atoms with Gasteiger partial charge in [0, 0.05) is 56.1 Å². The number of amides is 2. The van der Waals surface area contributed by atoms with E-state index in [1.807, 2.05) is 58.8 Å². The summed E-state index contributed by atoms with van der Waals surface area (Å²) < 4.78 is 0. The van der Waals surface area contributed by atoms with Gasteiger partial charge in [0.1, 0.15) is 0 Å². The Labute approximate surface area is 202 Å². The Balaban J connectivity index is 1.33. The first-order valence-electron chi connectivity index (χ1n) is 10.7. The van der Waals surface area contributed by atoms with Crippen LogP contribution in [-0.4, -0.2) is 52.8 Å². The number of thiazole rings is 1. The number of para-hydroxylation sites is 1. The van der Waals surface area contributed by atoms with Crippen LogP contribution in [0.25, 0.3) is 6.08 Å². The van der Waals surface area contributed by atoms with Crippen molar-refractivity contribution in [2.45, 2.75) is 13.5 Å². The van der Waals surface area contributed by atoms with Gasteiger partial charge in [-0.25, -0.2) is 4.98 Å². The molecule has 0 aliphatic carbocycles. The number of piperazine rings is 1. The third-order valence-corrected chi connectivity index (χ3v) is 6.49. The van der Waals surface area contributed by atoms with E-state index in [0.717, 1.165) is 30.3 Å². The number of anilines is 2. The van der Waals surface area contributed by atoms with Crippen molar-refractivity contribution in [2.75, 3.05) is 31.1 Å². The van der Waals surface area contributed by atoms with Gasteiger partial charge in [-0.2, -0.15) is 0 Å². The fraction of sp³-hybridized carbons (Fsp3) is 0.240. The van der Waals surface area contributed by atoms with Gasteiger partial charge >= 0.3 is 0 Å². The number of hydrogen-bond donors (Lipinski definition) is 0. The zero-order valence-corrected chi connectivity index (χ0v) is 19.9. The molecule has 0 N–H and O–H groups in total. The molecule has 2 aromatic carbocycles. The lowest BCUT2D eigenvalue weighted by Gasteiger charge is -2.34. The van der Waals surface area contributed by atoms with Gasteiger partial charge in [0.05, 0.1) is 11.4 Å². The first kappa shape index (κ1) is 23.2. The molecule has 0 spiro atoms. The third-order valence-electron chi connectivity index (χ3n) is 5.41. The standard InChI is InChI=1S/C25H25ClN4O2S/c1-19(31)30(23-8-3-2-4-9-23)25-27-22(18-33-25)10-11-24(32)29-14-12-28(13-15-29)17-20-6-5-7-21(26)16-20/h2-11,16,18H,12-15,17H2,1H3/b11-10+. The van der Waals surface area contributed by atoms with Crippen LogP contribution in [0.3, 0.4) is 0 Å². The number of carbonyl (C=O) groups excluding carboxylic acids is 2. The van der Waals surface area contributed by atoms with Gasteiger partial charge in [-0.15, -0.1) is 11.3 Å². The minimum atomic E-state index is -0.113. The molecule has 0 atom stereocenters. The Morgan fingerprint density at radius 2 is 1.85 bits per heavy atom. The predicted molar refractivity (Wildman–Crippen MR) is 134 cm³/mol. The number of hydrogen-bond acceptors (Lipinski definition) is 5. The van der Waals surface area contributed by atoms with Crippen LogP contribution in [-0.2, 0) is 16.1 Å². The first-order chi connectivity index (χ1) is 16.0. The van der Waals surface area contributed by atoms with Gasteiger partial charge in [0.2, 0.25) is 11.8 Å². The SMILES string of the molecule is CC(=O)N(c1ccccc1)c1nc(/C=C/C(=O)N2CCN(Cc3cccc(Cl)c3)CC2)cs1. The molecule has 0 unspecified atom stereocenters. The molecular weight excluding hydrogens is 456 g/mol. The molecule has 0 bridgehead atoms. The number of benzene rings is 2.